The van der Waals surface area contributed by atoms with E-state index in [-0.39, 0.29) is 5.91 Å². The van der Waals surface area contributed by atoms with Gasteiger partial charge in [0.2, 0.25) is 0 Å². The number of nitrogens with zero attached hydrogens (tertiary/aromatic N) is 1. The van der Waals surface area contributed by atoms with Crippen LogP contribution in [0.1, 0.15) is 48.5 Å². The number of nitrogens with one attached hydrogen (secondary N) is 3. The Labute approximate surface area is 143 Å². The van der Waals surface area contributed by atoms with Gasteiger partial charge in [-0.25, -0.2) is 0 Å². The number of benzene rings is 1. The van der Waals surface area contributed by atoms with E-state index in [1.54, 1.807) is 6.20 Å². The van der Waals surface area contributed by atoms with E-state index < -0.39 is 0 Å². The first-order chi connectivity index (χ1) is 11.6. The van der Waals surface area contributed by atoms with Gasteiger partial charge in [0.05, 0.1) is 16.8 Å². The molecule has 5 heteroatoms. The molecule has 24 heavy (non-hydrogen) atoms. The number of hydrogen-bond acceptors (Lipinski definition) is 4. The van der Waals surface area contributed by atoms with E-state index in [0.717, 1.165) is 54.5 Å². The normalized spacial score (nSPS) is 13.8. The molecule has 3 rings (SSSR count). The van der Waals surface area contributed by atoms with Crippen molar-refractivity contribution in [2.24, 2.45) is 0 Å². The smallest absolute Gasteiger partial charge is 0.255 e. The minimum atomic E-state index is -0.0442. The van der Waals surface area contributed by atoms with Crippen molar-refractivity contribution in [1.29, 1.82) is 0 Å². The first-order valence-electron chi connectivity index (χ1n) is 8.80. The lowest BCUT2D eigenvalue weighted by Gasteiger charge is -2.15. The molecule has 1 heterocycles. The highest BCUT2D eigenvalue weighted by molar-refractivity contribution is 6.08. The summed E-state index contributed by atoms with van der Waals surface area (Å²) in [5.74, 6) is -0.0442. The summed E-state index contributed by atoms with van der Waals surface area (Å²) in [4.78, 5) is 17.0. The summed E-state index contributed by atoms with van der Waals surface area (Å²) < 4.78 is 0. The fourth-order valence-corrected chi connectivity index (χ4v) is 2.87. The van der Waals surface area contributed by atoms with Crippen molar-refractivity contribution in [1.82, 2.24) is 10.3 Å². The second-order valence-corrected chi connectivity index (χ2v) is 6.51. The Morgan fingerprint density at radius 2 is 2.12 bits per heavy atom. The van der Waals surface area contributed by atoms with Crippen LogP contribution in [-0.4, -0.2) is 30.5 Å². The number of aromatic nitrogens is 1. The lowest BCUT2D eigenvalue weighted by Crippen LogP contribution is -2.26. The van der Waals surface area contributed by atoms with E-state index in [9.17, 15) is 4.79 Å². The van der Waals surface area contributed by atoms with Gasteiger partial charge >= 0.3 is 0 Å². The molecule has 1 aliphatic carbocycles. The van der Waals surface area contributed by atoms with Crippen LogP contribution in [0.15, 0.2) is 18.3 Å². The summed E-state index contributed by atoms with van der Waals surface area (Å²) in [5.41, 5.74) is 4.63. The molecule has 1 aromatic heterocycles. The highest BCUT2D eigenvalue weighted by atomic mass is 16.1. The Kier molecular flexibility index (Phi) is 4.88. The van der Waals surface area contributed by atoms with E-state index in [4.69, 9.17) is 0 Å². The fourth-order valence-electron chi connectivity index (χ4n) is 2.87. The zero-order valence-corrected chi connectivity index (χ0v) is 14.7. The topological polar surface area (TPSA) is 66.0 Å². The molecule has 128 valence electrons. The Morgan fingerprint density at radius 3 is 2.79 bits per heavy atom. The quantitative estimate of drug-likeness (QED) is 0.679. The molecule has 0 bridgehead atoms. The third-order valence-electron chi connectivity index (χ3n) is 4.47. The van der Waals surface area contributed by atoms with E-state index in [2.05, 4.69) is 46.9 Å². The maximum Gasteiger partial charge on any atom is 0.255 e. The summed E-state index contributed by atoms with van der Waals surface area (Å²) in [6, 6.07) is 4.52. The summed E-state index contributed by atoms with van der Waals surface area (Å²) in [5, 5.41) is 10.7. The third kappa shape index (κ3) is 3.45. The van der Waals surface area contributed by atoms with Crippen molar-refractivity contribution in [3.63, 3.8) is 0 Å². The highest BCUT2D eigenvalue weighted by Crippen LogP contribution is 2.31. The molecule has 1 saturated carbocycles. The van der Waals surface area contributed by atoms with Gasteiger partial charge in [0.15, 0.2) is 0 Å². The average molecular weight is 326 g/mol. The van der Waals surface area contributed by atoms with Crippen LogP contribution in [0.2, 0.25) is 0 Å². The minimum Gasteiger partial charge on any atom is -0.387 e. The van der Waals surface area contributed by atoms with Gasteiger partial charge in [0.1, 0.15) is 0 Å². The molecule has 1 fully saturated rings. The van der Waals surface area contributed by atoms with Crippen LogP contribution in [0.25, 0.3) is 10.9 Å². The lowest BCUT2D eigenvalue weighted by molar-refractivity contribution is 0.0951. The first kappa shape index (κ1) is 16.6. The summed E-state index contributed by atoms with van der Waals surface area (Å²) in [6.45, 7) is 5.22. The molecule has 5 nitrogen and oxygen atoms in total. The molecule has 1 aromatic carbocycles. The Bertz CT molecular complexity index is 753. The number of fused-ring (bicyclic) bond motifs is 1. The highest BCUT2D eigenvalue weighted by Gasteiger charge is 2.25. The standard InChI is InChI=1S/C19H26N4O/c1-4-5-8-21-16-10-14-17(9-12(16)2)22-11-15(18(14)20-3)19(24)23-13-6-7-13/h9-11,13,21H,4-8H2,1-3H3,(H,20,22)(H,23,24). The van der Waals surface area contributed by atoms with Crippen LogP contribution in [0, 0.1) is 6.92 Å². The number of unbranched alkanes of at least 4 members (excludes halogenated alkanes) is 1. The lowest BCUT2D eigenvalue weighted by atomic mass is 10.0. The molecule has 0 unspecified atom stereocenters. The first-order valence-corrected chi connectivity index (χ1v) is 8.80. The van der Waals surface area contributed by atoms with E-state index in [1.165, 1.54) is 5.56 Å². The molecular formula is C19H26N4O. The molecule has 2 aromatic rings. The van der Waals surface area contributed by atoms with Crippen LogP contribution < -0.4 is 16.0 Å². The average Bonchev–Trinajstić information content (AvgIpc) is 3.38. The third-order valence-corrected chi connectivity index (χ3v) is 4.47. The number of hydrogen-bond donors (Lipinski definition) is 3. The van der Waals surface area contributed by atoms with Gasteiger partial charge in [0, 0.05) is 36.9 Å². The van der Waals surface area contributed by atoms with Crippen molar-refractivity contribution in [2.75, 3.05) is 24.2 Å². The van der Waals surface area contributed by atoms with Crippen LogP contribution in [0.3, 0.4) is 0 Å². The van der Waals surface area contributed by atoms with Crippen LogP contribution in [0.5, 0.6) is 0 Å². The zero-order valence-electron chi connectivity index (χ0n) is 14.7. The van der Waals surface area contributed by atoms with Crippen molar-refractivity contribution < 1.29 is 4.79 Å². The van der Waals surface area contributed by atoms with Gasteiger partial charge in [-0.05, 0) is 43.9 Å². The number of rotatable bonds is 7. The number of carbonyl (C=O) groups excluding carboxylic acids is 1. The zero-order chi connectivity index (χ0) is 17.1. The molecule has 0 spiro atoms. The Morgan fingerprint density at radius 1 is 1.33 bits per heavy atom. The summed E-state index contributed by atoms with van der Waals surface area (Å²) >= 11 is 0. The molecular weight excluding hydrogens is 300 g/mol. The largest absolute Gasteiger partial charge is 0.387 e. The van der Waals surface area contributed by atoms with Crippen LogP contribution in [0.4, 0.5) is 11.4 Å². The van der Waals surface area contributed by atoms with Crippen molar-refractivity contribution in [3.05, 3.63) is 29.5 Å². The van der Waals surface area contributed by atoms with Gasteiger partial charge in [-0.15, -0.1) is 0 Å². The second-order valence-electron chi connectivity index (χ2n) is 6.51. The predicted molar refractivity (Wildman–Crippen MR) is 99.9 cm³/mol. The van der Waals surface area contributed by atoms with E-state index >= 15 is 0 Å². The van der Waals surface area contributed by atoms with Gasteiger partial charge < -0.3 is 16.0 Å². The van der Waals surface area contributed by atoms with E-state index in [0.29, 0.717) is 11.6 Å². The molecule has 0 aliphatic heterocycles. The maximum atomic E-state index is 12.5. The van der Waals surface area contributed by atoms with Crippen LogP contribution >= 0.6 is 0 Å². The Balaban J connectivity index is 1.98. The molecule has 1 amide bonds. The van der Waals surface area contributed by atoms with Crippen LogP contribution in [-0.2, 0) is 0 Å². The summed E-state index contributed by atoms with van der Waals surface area (Å²) in [6.07, 6.45) is 6.13. The molecule has 0 radical (unpaired) electrons. The minimum absolute atomic E-state index is 0.0442. The predicted octanol–water partition coefficient (Wildman–Crippen LogP) is 3.69. The number of amides is 1. The fraction of sp³-hybridized carbons (Fsp3) is 0.474. The van der Waals surface area contributed by atoms with Gasteiger partial charge in [-0.3, -0.25) is 9.78 Å². The number of aryl methyl sites for hydroxylation is 1. The SMILES string of the molecule is CCCCNc1cc2c(NC)c(C(=O)NC3CC3)cnc2cc1C. The maximum absolute atomic E-state index is 12.5. The molecule has 0 saturated heterocycles. The molecule has 3 N–H and O–H groups in total. The number of carbonyl (C=O) groups is 1. The van der Waals surface area contributed by atoms with Crippen molar-refractivity contribution in [3.8, 4) is 0 Å². The Hall–Kier alpha value is -2.30. The monoisotopic (exact) mass is 326 g/mol. The molecule has 1 aliphatic rings. The summed E-state index contributed by atoms with van der Waals surface area (Å²) in [7, 11) is 1.85. The second kappa shape index (κ2) is 7.07. The van der Waals surface area contributed by atoms with E-state index in [1.807, 2.05) is 7.05 Å². The number of anilines is 2. The van der Waals surface area contributed by atoms with Gasteiger partial charge in [-0.1, -0.05) is 13.3 Å². The number of pyridine rings is 1. The molecule has 0 atom stereocenters. The van der Waals surface area contributed by atoms with Crippen molar-refractivity contribution in [2.45, 2.75) is 45.6 Å². The van der Waals surface area contributed by atoms with Crippen molar-refractivity contribution >= 4 is 28.2 Å². The van der Waals surface area contributed by atoms with Gasteiger partial charge in [0.25, 0.3) is 5.91 Å². The van der Waals surface area contributed by atoms with Gasteiger partial charge in [-0.2, -0.15) is 0 Å².